The maximum absolute atomic E-state index is 12.8. The number of carbonyl (C=O) groups excluding carboxylic acids is 1. The highest BCUT2D eigenvalue weighted by Crippen LogP contribution is 2.30. The van der Waals surface area contributed by atoms with Gasteiger partial charge in [0.15, 0.2) is 5.69 Å². The first-order valence-electron chi connectivity index (χ1n) is 7.27. The third kappa shape index (κ3) is 3.10. The number of hydrogen-bond acceptors (Lipinski definition) is 2. The molecule has 3 aromatic rings. The molecule has 0 bridgehead atoms. The number of amides is 1. The zero-order chi connectivity index (χ0) is 17.3. The Morgan fingerprint density at radius 1 is 1.17 bits per heavy atom. The van der Waals surface area contributed by atoms with Crippen molar-refractivity contribution >= 4 is 16.8 Å². The largest absolute Gasteiger partial charge is 0.416 e. The average molecular weight is 333 g/mol. The second-order valence-electron chi connectivity index (χ2n) is 5.44. The molecule has 2 N–H and O–H groups in total. The van der Waals surface area contributed by atoms with Crippen LogP contribution in [0, 0.1) is 0 Å². The molecule has 124 valence electrons. The molecule has 24 heavy (non-hydrogen) atoms. The standard InChI is InChI=1S/C17H14F3N3O/c1-10(11-5-4-6-12(9-11)17(18,19)20)21-16(24)15-13-7-2-3-8-14(13)22-23-15/h2-10H,1H3,(H,21,24)(H,22,23). The van der Waals surface area contributed by atoms with E-state index in [1.165, 1.54) is 6.07 Å². The lowest BCUT2D eigenvalue weighted by atomic mass is 10.0. The second kappa shape index (κ2) is 5.99. The van der Waals surface area contributed by atoms with Gasteiger partial charge in [0.25, 0.3) is 5.91 Å². The third-order valence-electron chi connectivity index (χ3n) is 3.75. The lowest BCUT2D eigenvalue weighted by Crippen LogP contribution is -2.27. The van der Waals surface area contributed by atoms with Crippen LogP contribution in [0.1, 0.15) is 34.6 Å². The molecule has 0 aliphatic heterocycles. The first-order valence-corrected chi connectivity index (χ1v) is 7.27. The van der Waals surface area contributed by atoms with Gasteiger partial charge in [-0.2, -0.15) is 18.3 Å². The summed E-state index contributed by atoms with van der Waals surface area (Å²) in [6, 6.07) is 11.5. The number of H-pyrrole nitrogens is 1. The first kappa shape index (κ1) is 16.0. The molecule has 1 atom stereocenters. The minimum atomic E-state index is -4.42. The number of carbonyl (C=O) groups is 1. The first-order chi connectivity index (χ1) is 11.4. The van der Waals surface area contributed by atoms with E-state index >= 15 is 0 Å². The molecule has 7 heteroatoms. The van der Waals surface area contributed by atoms with E-state index in [0.717, 1.165) is 17.6 Å². The van der Waals surface area contributed by atoms with Gasteiger partial charge in [-0.05, 0) is 30.7 Å². The highest BCUT2D eigenvalue weighted by Gasteiger charge is 2.30. The Kier molecular flexibility index (Phi) is 4.01. The zero-order valence-corrected chi connectivity index (χ0v) is 12.7. The van der Waals surface area contributed by atoms with E-state index in [1.807, 2.05) is 6.07 Å². The summed E-state index contributed by atoms with van der Waals surface area (Å²) in [5.41, 5.74) is 0.558. The van der Waals surface area contributed by atoms with Crippen LogP contribution in [0.15, 0.2) is 48.5 Å². The van der Waals surface area contributed by atoms with Gasteiger partial charge in [0.2, 0.25) is 0 Å². The van der Waals surface area contributed by atoms with E-state index in [-0.39, 0.29) is 5.69 Å². The molecule has 0 fully saturated rings. The number of rotatable bonds is 3. The van der Waals surface area contributed by atoms with E-state index in [2.05, 4.69) is 15.5 Å². The fourth-order valence-corrected chi connectivity index (χ4v) is 2.47. The number of aromatic amines is 1. The predicted octanol–water partition coefficient (Wildman–Crippen LogP) is 4.07. The lowest BCUT2D eigenvalue weighted by molar-refractivity contribution is -0.137. The molecule has 1 amide bonds. The SMILES string of the molecule is CC(NC(=O)c1n[nH]c2ccccc12)c1cccc(C(F)(F)F)c1. The van der Waals surface area contributed by atoms with Crippen LogP contribution >= 0.6 is 0 Å². The Labute approximate surface area is 135 Å². The number of hydrogen-bond donors (Lipinski definition) is 2. The van der Waals surface area contributed by atoms with Gasteiger partial charge in [-0.15, -0.1) is 0 Å². The number of nitrogens with zero attached hydrogens (tertiary/aromatic N) is 1. The topological polar surface area (TPSA) is 57.8 Å². The summed E-state index contributed by atoms with van der Waals surface area (Å²) >= 11 is 0. The fourth-order valence-electron chi connectivity index (χ4n) is 2.47. The summed E-state index contributed by atoms with van der Waals surface area (Å²) in [6.45, 7) is 1.63. The minimum absolute atomic E-state index is 0.212. The number of fused-ring (bicyclic) bond motifs is 1. The highest BCUT2D eigenvalue weighted by molar-refractivity contribution is 6.04. The van der Waals surface area contributed by atoms with Gasteiger partial charge in [-0.3, -0.25) is 9.89 Å². The Bertz CT molecular complexity index is 886. The van der Waals surface area contributed by atoms with Crippen LogP contribution in [0.25, 0.3) is 10.9 Å². The van der Waals surface area contributed by atoms with Crippen LogP contribution in [-0.4, -0.2) is 16.1 Å². The number of aromatic nitrogens is 2. The second-order valence-corrected chi connectivity index (χ2v) is 5.44. The van der Waals surface area contributed by atoms with Gasteiger partial charge in [0, 0.05) is 5.39 Å². The van der Waals surface area contributed by atoms with E-state index in [4.69, 9.17) is 0 Å². The Morgan fingerprint density at radius 2 is 1.92 bits per heavy atom. The minimum Gasteiger partial charge on any atom is -0.344 e. The normalized spacial score (nSPS) is 13.0. The molecule has 0 radical (unpaired) electrons. The van der Waals surface area contributed by atoms with E-state index in [0.29, 0.717) is 10.9 Å². The molecular formula is C17H14F3N3O. The molecule has 1 unspecified atom stereocenters. The Balaban J connectivity index is 1.82. The molecule has 0 saturated carbocycles. The van der Waals surface area contributed by atoms with Gasteiger partial charge >= 0.3 is 6.18 Å². The summed E-state index contributed by atoms with van der Waals surface area (Å²) in [4.78, 5) is 12.4. The maximum Gasteiger partial charge on any atom is 0.416 e. The third-order valence-corrected chi connectivity index (χ3v) is 3.75. The van der Waals surface area contributed by atoms with E-state index < -0.39 is 23.7 Å². The molecule has 1 heterocycles. The number of benzene rings is 2. The molecule has 0 saturated heterocycles. The van der Waals surface area contributed by atoms with Crippen molar-refractivity contribution in [3.63, 3.8) is 0 Å². The maximum atomic E-state index is 12.8. The summed E-state index contributed by atoms with van der Waals surface area (Å²) < 4.78 is 38.4. The smallest absolute Gasteiger partial charge is 0.344 e. The quantitative estimate of drug-likeness (QED) is 0.759. The molecule has 1 aromatic heterocycles. The van der Waals surface area contributed by atoms with Crippen LogP contribution < -0.4 is 5.32 Å². The van der Waals surface area contributed by atoms with Crippen LogP contribution in [0.3, 0.4) is 0 Å². The van der Waals surface area contributed by atoms with Gasteiger partial charge in [-0.25, -0.2) is 0 Å². The molecule has 3 rings (SSSR count). The van der Waals surface area contributed by atoms with Crippen LogP contribution in [0.4, 0.5) is 13.2 Å². The average Bonchev–Trinajstić information content (AvgIpc) is 2.98. The summed E-state index contributed by atoms with van der Waals surface area (Å²) in [6.07, 6.45) is -4.42. The predicted molar refractivity (Wildman–Crippen MR) is 83.4 cm³/mol. The summed E-state index contributed by atoms with van der Waals surface area (Å²) in [7, 11) is 0. The van der Waals surface area contributed by atoms with Crippen molar-refractivity contribution in [2.75, 3.05) is 0 Å². The zero-order valence-electron chi connectivity index (χ0n) is 12.7. The Hall–Kier alpha value is -2.83. The van der Waals surface area contributed by atoms with Crippen LogP contribution in [0.2, 0.25) is 0 Å². The molecule has 2 aromatic carbocycles. The van der Waals surface area contributed by atoms with Crippen molar-refractivity contribution in [2.45, 2.75) is 19.1 Å². The Morgan fingerprint density at radius 3 is 2.67 bits per heavy atom. The number of nitrogens with one attached hydrogen (secondary N) is 2. The number of halogens is 3. The summed E-state index contributed by atoms with van der Waals surface area (Å²) in [5.74, 6) is -0.447. The van der Waals surface area contributed by atoms with Gasteiger partial charge < -0.3 is 5.32 Å². The monoisotopic (exact) mass is 333 g/mol. The van der Waals surface area contributed by atoms with Crippen LogP contribution in [-0.2, 0) is 6.18 Å². The van der Waals surface area contributed by atoms with Crippen molar-refractivity contribution in [1.82, 2.24) is 15.5 Å². The van der Waals surface area contributed by atoms with Gasteiger partial charge in [0.1, 0.15) is 0 Å². The van der Waals surface area contributed by atoms with E-state index in [1.54, 1.807) is 31.2 Å². The summed E-state index contributed by atoms with van der Waals surface area (Å²) in [5, 5.41) is 10.1. The lowest BCUT2D eigenvalue weighted by Gasteiger charge is -2.15. The van der Waals surface area contributed by atoms with E-state index in [9.17, 15) is 18.0 Å². The fraction of sp³-hybridized carbons (Fsp3) is 0.176. The number of para-hydroxylation sites is 1. The van der Waals surface area contributed by atoms with Crippen molar-refractivity contribution < 1.29 is 18.0 Å². The van der Waals surface area contributed by atoms with Crippen molar-refractivity contribution in [3.05, 3.63) is 65.4 Å². The van der Waals surface area contributed by atoms with Crippen molar-refractivity contribution in [2.24, 2.45) is 0 Å². The van der Waals surface area contributed by atoms with Gasteiger partial charge in [0.05, 0.1) is 17.1 Å². The van der Waals surface area contributed by atoms with Crippen molar-refractivity contribution in [1.29, 1.82) is 0 Å². The number of alkyl halides is 3. The van der Waals surface area contributed by atoms with Crippen LogP contribution in [0.5, 0.6) is 0 Å². The molecular weight excluding hydrogens is 319 g/mol. The van der Waals surface area contributed by atoms with Gasteiger partial charge in [-0.1, -0.05) is 30.3 Å². The van der Waals surface area contributed by atoms with Crippen molar-refractivity contribution in [3.8, 4) is 0 Å². The molecule has 0 aliphatic carbocycles. The molecule has 4 nitrogen and oxygen atoms in total. The molecule has 0 spiro atoms. The highest BCUT2D eigenvalue weighted by atomic mass is 19.4. The molecule has 0 aliphatic rings.